The van der Waals surface area contributed by atoms with Gasteiger partial charge in [-0.15, -0.1) is 5.10 Å². The molecule has 3 rings (SSSR count). The number of rotatable bonds is 3. The molecule has 1 amide bonds. The van der Waals surface area contributed by atoms with E-state index in [0.29, 0.717) is 11.5 Å². The molecule has 0 radical (unpaired) electrons. The van der Waals surface area contributed by atoms with Crippen molar-refractivity contribution in [3.63, 3.8) is 0 Å². The van der Waals surface area contributed by atoms with E-state index in [2.05, 4.69) is 20.8 Å². The fraction of sp³-hybridized carbons (Fsp3) is 0.400. The molecule has 2 heterocycles. The number of anilines is 1. The van der Waals surface area contributed by atoms with Gasteiger partial charge in [-0.3, -0.25) is 10.1 Å². The second-order valence-electron chi connectivity index (χ2n) is 5.32. The van der Waals surface area contributed by atoms with E-state index in [-0.39, 0.29) is 18.0 Å². The molecule has 21 heavy (non-hydrogen) atoms. The zero-order valence-corrected chi connectivity index (χ0v) is 12.1. The maximum atomic E-state index is 12.3. The lowest BCUT2D eigenvalue weighted by Crippen LogP contribution is -2.15. The van der Waals surface area contributed by atoms with Crippen molar-refractivity contribution >= 4 is 11.9 Å². The Kier molecular flexibility index (Phi) is 3.70. The van der Waals surface area contributed by atoms with Gasteiger partial charge < -0.3 is 9.73 Å². The predicted octanol–water partition coefficient (Wildman–Crippen LogP) is 2.36. The zero-order chi connectivity index (χ0) is 14.8. The van der Waals surface area contributed by atoms with E-state index in [0.717, 1.165) is 30.5 Å². The number of nitrogens with zero attached hydrogens (tertiary/aromatic N) is 2. The smallest absolute Gasteiger partial charge is 0.322 e. The monoisotopic (exact) mass is 286 g/mol. The molecular weight excluding hydrogens is 268 g/mol. The highest BCUT2D eigenvalue weighted by molar-refractivity contribution is 6.05. The molecule has 1 aromatic heterocycles. The first-order chi connectivity index (χ1) is 10.1. The van der Waals surface area contributed by atoms with Crippen molar-refractivity contribution in [1.29, 1.82) is 0 Å². The lowest BCUT2D eigenvalue weighted by atomic mass is 10.0. The minimum atomic E-state index is -0.222. The van der Waals surface area contributed by atoms with Gasteiger partial charge in [0.05, 0.1) is 6.04 Å². The topological polar surface area (TPSA) is 80.0 Å². The van der Waals surface area contributed by atoms with Crippen LogP contribution in [0.5, 0.6) is 0 Å². The molecule has 1 unspecified atom stereocenters. The van der Waals surface area contributed by atoms with E-state index < -0.39 is 0 Å². The standard InChI is InChI=1S/C15H18N4O2/c1-9-5-3-6-10(2)12(9)13(20)17-15-19-18-14(21-15)11-7-4-8-16-11/h3,5-6,11,16H,4,7-8H2,1-2H3,(H,17,19,20). The van der Waals surface area contributed by atoms with Gasteiger partial charge in [-0.05, 0) is 44.4 Å². The number of carbonyl (C=O) groups is 1. The summed E-state index contributed by atoms with van der Waals surface area (Å²) >= 11 is 0. The van der Waals surface area contributed by atoms with E-state index >= 15 is 0 Å². The Morgan fingerprint density at radius 3 is 2.76 bits per heavy atom. The summed E-state index contributed by atoms with van der Waals surface area (Å²) in [6, 6.07) is 5.99. The summed E-state index contributed by atoms with van der Waals surface area (Å²) in [5.74, 6) is 0.310. The van der Waals surface area contributed by atoms with Crippen LogP contribution in [0, 0.1) is 13.8 Å². The van der Waals surface area contributed by atoms with Crippen LogP contribution in [0.1, 0.15) is 46.3 Å². The zero-order valence-electron chi connectivity index (χ0n) is 12.1. The molecular formula is C15H18N4O2. The Balaban J connectivity index is 1.76. The number of aromatic nitrogens is 2. The second kappa shape index (κ2) is 5.65. The third kappa shape index (κ3) is 2.80. The average Bonchev–Trinajstić information content (AvgIpc) is 3.08. The Morgan fingerprint density at radius 2 is 2.10 bits per heavy atom. The van der Waals surface area contributed by atoms with Crippen LogP contribution < -0.4 is 10.6 Å². The molecule has 1 aliphatic heterocycles. The highest BCUT2D eigenvalue weighted by Crippen LogP contribution is 2.23. The number of benzene rings is 1. The Bertz CT molecular complexity index is 639. The Labute approximate surface area is 123 Å². The largest absolute Gasteiger partial charge is 0.406 e. The van der Waals surface area contributed by atoms with Crippen molar-refractivity contribution in [1.82, 2.24) is 15.5 Å². The lowest BCUT2D eigenvalue weighted by molar-refractivity contribution is 0.102. The van der Waals surface area contributed by atoms with E-state index in [9.17, 15) is 4.79 Å². The van der Waals surface area contributed by atoms with Gasteiger partial charge in [0, 0.05) is 5.56 Å². The first-order valence-electron chi connectivity index (χ1n) is 7.09. The number of amides is 1. The molecule has 110 valence electrons. The van der Waals surface area contributed by atoms with Gasteiger partial charge in [0.25, 0.3) is 5.91 Å². The summed E-state index contributed by atoms with van der Waals surface area (Å²) in [4.78, 5) is 12.3. The number of nitrogens with one attached hydrogen (secondary N) is 2. The van der Waals surface area contributed by atoms with E-state index in [1.54, 1.807) is 0 Å². The van der Waals surface area contributed by atoms with Crippen molar-refractivity contribution in [3.05, 3.63) is 40.8 Å². The molecule has 0 spiro atoms. The minimum absolute atomic E-state index is 0.100. The summed E-state index contributed by atoms with van der Waals surface area (Å²) in [5.41, 5.74) is 2.49. The van der Waals surface area contributed by atoms with Crippen LogP contribution >= 0.6 is 0 Å². The van der Waals surface area contributed by atoms with Crippen LogP contribution in [0.25, 0.3) is 0 Å². The van der Waals surface area contributed by atoms with Gasteiger partial charge in [-0.25, -0.2) is 0 Å². The molecule has 1 aromatic carbocycles. The molecule has 1 atom stereocenters. The van der Waals surface area contributed by atoms with Crippen LogP contribution in [0.4, 0.5) is 6.01 Å². The van der Waals surface area contributed by atoms with Crippen LogP contribution in [0.2, 0.25) is 0 Å². The summed E-state index contributed by atoms with van der Waals surface area (Å²) in [5, 5.41) is 13.9. The molecule has 6 heteroatoms. The SMILES string of the molecule is Cc1cccc(C)c1C(=O)Nc1nnc(C2CCCN2)o1. The molecule has 2 N–H and O–H groups in total. The minimum Gasteiger partial charge on any atom is -0.406 e. The van der Waals surface area contributed by atoms with Gasteiger partial charge in [-0.1, -0.05) is 23.3 Å². The predicted molar refractivity (Wildman–Crippen MR) is 78.1 cm³/mol. The number of aryl methyl sites for hydroxylation is 2. The summed E-state index contributed by atoms with van der Waals surface area (Å²) in [6.45, 7) is 4.77. The van der Waals surface area contributed by atoms with Crippen LogP contribution in [0.15, 0.2) is 22.6 Å². The first-order valence-corrected chi connectivity index (χ1v) is 7.09. The van der Waals surface area contributed by atoms with Gasteiger partial charge in [0.15, 0.2) is 0 Å². The summed E-state index contributed by atoms with van der Waals surface area (Å²) in [7, 11) is 0. The molecule has 2 aromatic rings. The van der Waals surface area contributed by atoms with E-state index in [1.807, 2.05) is 32.0 Å². The molecule has 0 saturated carbocycles. The van der Waals surface area contributed by atoms with Crippen LogP contribution in [-0.4, -0.2) is 22.6 Å². The highest BCUT2D eigenvalue weighted by Gasteiger charge is 2.23. The molecule has 1 fully saturated rings. The van der Waals surface area contributed by atoms with Gasteiger partial charge >= 0.3 is 6.01 Å². The highest BCUT2D eigenvalue weighted by atomic mass is 16.4. The van der Waals surface area contributed by atoms with Crippen LogP contribution in [0.3, 0.4) is 0 Å². The Morgan fingerprint density at radius 1 is 1.33 bits per heavy atom. The molecule has 0 bridgehead atoms. The van der Waals surface area contributed by atoms with E-state index in [4.69, 9.17) is 4.42 Å². The van der Waals surface area contributed by atoms with Crippen molar-refractivity contribution in [2.24, 2.45) is 0 Å². The van der Waals surface area contributed by atoms with Gasteiger partial charge in [0.1, 0.15) is 0 Å². The van der Waals surface area contributed by atoms with Crippen molar-refractivity contribution in [3.8, 4) is 0 Å². The maximum absolute atomic E-state index is 12.3. The lowest BCUT2D eigenvalue weighted by Gasteiger charge is -2.08. The molecule has 6 nitrogen and oxygen atoms in total. The van der Waals surface area contributed by atoms with Crippen molar-refractivity contribution in [2.75, 3.05) is 11.9 Å². The molecule has 0 aliphatic carbocycles. The van der Waals surface area contributed by atoms with Crippen molar-refractivity contribution in [2.45, 2.75) is 32.7 Å². The van der Waals surface area contributed by atoms with Crippen molar-refractivity contribution < 1.29 is 9.21 Å². The number of hydrogen-bond donors (Lipinski definition) is 2. The summed E-state index contributed by atoms with van der Waals surface area (Å²) < 4.78 is 5.52. The summed E-state index contributed by atoms with van der Waals surface area (Å²) in [6.07, 6.45) is 2.07. The quantitative estimate of drug-likeness (QED) is 0.905. The third-order valence-corrected chi connectivity index (χ3v) is 3.73. The number of carbonyl (C=O) groups excluding carboxylic acids is 1. The molecule has 1 aliphatic rings. The Hall–Kier alpha value is -2.21. The number of hydrogen-bond acceptors (Lipinski definition) is 5. The van der Waals surface area contributed by atoms with Gasteiger partial charge in [-0.2, -0.15) is 0 Å². The van der Waals surface area contributed by atoms with E-state index in [1.165, 1.54) is 0 Å². The fourth-order valence-corrected chi connectivity index (χ4v) is 2.65. The fourth-order valence-electron chi connectivity index (χ4n) is 2.65. The second-order valence-corrected chi connectivity index (χ2v) is 5.32. The molecule has 1 saturated heterocycles. The first kappa shape index (κ1) is 13.8. The maximum Gasteiger partial charge on any atom is 0.322 e. The van der Waals surface area contributed by atoms with Crippen LogP contribution in [-0.2, 0) is 0 Å². The third-order valence-electron chi connectivity index (χ3n) is 3.73. The average molecular weight is 286 g/mol. The van der Waals surface area contributed by atoms with Gasteiger partial charge in [0.2, 0.25) is 5.89 Å². The normalized spacial score (nSPS) is 17.9.